The molecule has 2 atom stereocenters. The third kappa shape index (κ3) is 2.47. The van der Waals surface area contributed by atoms with Crippen LogP contribution in [0.15, 0.2) is 30.3 Å². The maximum Gasteiger partial charge on any atom is 0.408 e. The van der Waals surface area contributed by atoms with Gasteiger partial charge < -0.3 is 10.4 Å². The number of anilines is 1. The molecule has 2 aromatic rings. The molecule has 2 amide bonds. The van der Waals surface area contributed by atoms with E-state index in [9.17, 15) is 14.7 Å². The Labute approximate surface area is 145 Å². The Morgan fingerprint density at radius 3 is 2.72 bits per heavy atom. The Balaban J connectivity index is 1.49. The van der Waals surface area contributed by atoms with Crippen molar-refractivity contribution >= 4 is 17.8 Å². The number of nitrogens with one attached hydrogen (secondary N) is 2. The van der Waals surface area contributed by atoms with Gasteiger partial charge >= 0.3 is 6.09 Å². The van der Waals surface area contributed by atoms with Crippen molar-refractivity contribution in [3.8, 4) is 0 Å². The second kappa shape index (κ2) is 5.34. The molecule has 0 unspecified atom stereocenters. The number of carbonyl (C=O) groups is 2. The van der Waals surface area contributed by atoms with E-state index < -0.39 is 11.6 Å². The average Bonchev–Trinajstić information content (AvgIpc) is 3.21. The summed E-state index contributed by atoms with van der Waals surface area (Å²) in [6, 6.07) is 10.00. The molecule has 1 aromatic carbocycles. The van der Waals surface area contributed by atoms with Crippen LogP contribution in [0.1, 0.15) is 43.0 Å². The predicted molar refractivity (Wildman–Crippen MR) is 91.1 cm³/mol. The zero-order valence-electron chi connectivity index (χ0n) is 14.1. The summed E-state index contributed by atoms with van der Waals surface area (Å²) in [5.41, 5.74) is 1.97. The molecule has 7 nitrogen and oxygen atoms in total. The van der Waals surface area contributed by atoms with Gasteiger partial charge in [0.15, 0.2) is 5.82 Å². The van der Waals surface area contributed by atoms with E-state index >= 15 is 0 Å². The van der Waals surface area contributed by atoms with Crippen molar-refractivity contribution in [3.05, 3.63) is 47.2 Å². The van der Waals surface area contributed by atoms with E-state index in [2.05, 4.69) is 15.5 Å². The number of aromatic nitrogens is 2. The molecule has 1 fully saturated rings. The van der Waals surface area contributed by atoms with E-state index in [1.165, 1.54) is 10.5 Å². The zero-order valence-corrected chi connectivity index (χ0v) is 14.1. The molecule has 1 aliphatic heterocycles. The fraction of sp³-hybridized carbons (Fsp3) is 0.389. The number of amides is 2. The summed E-state index contributed by atoms with van der Waals surface area (Å²) in [6.07, 6.45) is -0.159. The number of carbonyl (C=O) groups excluding carboxylic acids is 1. The number of rotatable bonds is 3. The zero-order chi connectivity index (χ0) is 17.8. The fourth-order valence-corrected chi connectivity index (χ4v) is 3.69. The number of fused-ring (bicyclic) bond motifs is 1. The second-order valence-corrected chi connectivity index (χ2v) is 7.20. The van der Waals surface area contributed by atoms with Gasteiger partial charge in [-0.15, -0.1) is 0 Å². The largest absolute Gasteiger partial charge is 0.465 e. The normalized spacial score (nSPS) is 23.2. The van der Waals surface area contributed by atoms with Crippen LogP contribution in [0.25, 0.3) is 0 Å². The number of nitrogens with zero attached hydrogens (tertiary/aromatic N) is 2. The molecule has 25 heavy (non-hydrogen) atoms. The summed E-state index contributed by atoms with van der Waals surface area (Å²) < 4.78 is 0. The molecule has 130 valence electrons. The van der Waals surface area contributed by atoms with Crippen molar-refractivity contribution in [3.63, 3.8) is 0 Å². The van der Waals surface area contributed by atoms with Gasteiger partial charge in [0.05, 0.1) is 17.8 Å². The van der Waals surface area contributed by atoms with Gasteiger partial charge in [-0.3, -0.25) is 14.8 Å². The van der Waals surface area contributed by atoms with Crippen LogP contribution in [-0.4, -0.2) is 32.2 Å². The molecule has 7 heteroatoms. The standard InChI is InChI=1S/C18H20N4O3/c1-18(2)14-13(9-22(18)17(24)25)15(21-20-14)19-16(23)12-8-11(12)10-6-4-3-5-7-10/h3-7,11-12H,8-9H2,1-2H3,(H,24,25)(H2,19,20,21,23)/t11-,12+/m0/s1. The van der Waals surface area contributed by atoms with Gasteiger partial charge in [0.25, 0.3) is 0 Å². The van der Waals surface area contributed by atoms with Gasteiger partial charge in [0.2, 0.25) is 5.91 Å². The minimum atomic E-state index is -0.988. The second-order valence-electron chi connectivity index (χ2n) is 7.20. The van der Waals surface area contributed by atoms with Gasteiger partial charge in [0.1, 0.15) is 0 Å². The number of aromatic amines is 1. The highest BCUT2D eigenvalue weighted by Crippen LogP contribution is 2.48. The molecule has 2 heterocycles. The van der Waals surface area contributed by atoms with Gasteiger partial charge in [-0.2, -0.15) is 5.10 Å². The van der Waals surface area contributed by atoms with E-state index in [-0.39, 0.29) is 24.3 Å². The van der Waals surface area contributed by atoms with E-state index in [0.29, 0.717) is 5.82 Å². The molecule has 1 saturated carbocycles. The van der Waals surface area contributed by atoms with Crippen molar-refractivity contribution in [2.24, 2.45) is 5.92 Å². The van der Waals surface area contributed by atoms with E-state index in [4.69, 9.17) is 0 Å². The smallest absolute Gasteiger partial charge is 0.408 e. The Bertz CT molecular complexity index is 843. The lowest BCUT2D eigenvalue weighted by molar-refractivity contribution is -0.117. The summed E-state index contributed by atoms with van der Waals surface area (Å²) in [4.78, 5) is 25.3. The van der Waals surface area contributed by atoms with Crippen molar-refractivity contribution in [2.45, 2.75) is 38.3 Å². The molecule has 1 aromatic heterocycles. The lowest BCUT2D eigenvalue weighted by Crippen LogP contribution is -2.39. The van der Waals surface area contributed by atoms with E-state index in [1.54, 1.807) is 0 Å². The fourth-order valence-electron chi connectivity index (χ4n) is 3.69. The highest BCUT2D eigenvalue weighted by atomic mass is 16.4. The van der Waals surface area contributed by atoms with Crippen molar-refractivity contribution in [2.75, 3.05) is 5.32 Å². The molecule has 0 bridgehead atoms. The Kier molecular flexibility index (Phi) is 3.35. The molecular weight excluding hydrogens is 320 g/mol. The molecule has 0 spiro atoms. The van der Waals surface area contributed by atoms with Crippen molar-refractivity contribution in [1.29, 1.82) is 0 Å². The SMILES string of the molecule is CC1(C)c2[nH]nc(NC(=O)[C@@H]3C[C@H]3c3ccccc3)c2CN1C(=O)O. The molecule has 4 rings (SSSR count). The lowest BCUT2D eigenvalue weighted by atomic mass is 10.0. The van der Waals surface area contributed by atoms with Crippen LogP contribution in [0.5, 0.6) is 0 Å². The van der Waals surface area contributed by atoms with E-state index in [0.717, 1.165) is 17.7 Å². The quantitative estimate of drug-likeness (QED) is 0.800. The first kappa shape index (κ1) is 15.7. The van der Waals surface area contributed by atoms with E-state index in [1.807, 2.05) is 44.2 Å². The first-order valence-corrected chi connectivity index (χ1v) is 8.33. The first-order valence-electron chi connectivity index (χ1n) is 8.33. The molecule has 2 aliphatic rings. The van der Waals surface area contributed by atoms with Gasteiger partial charge in [0, 0.05) is 11.5 Å². The minimum Gasteiger partial charge on any atom is -0.465 e. The highest BCUT2D eigenvalue weighted by molar-refractivity contribution is 5.95. The summed E-state index contributed by atoms with van der Waals surface area (Å²) in [5.74, 6) is 0.574. The number of H-pyrrole nitrogens is 1. The molecular formula is C18H20N4O3. The van der Waals surface area contributed by atoms with Gasteiger partial charge in [-0.05, 0) is 31.7 Å². The Morgan fingerprint density at radius 1 is 1.32 bits per heavy atom. The Morgan fingerprint density at radius 2 is 2.04 bits per heavy atom. The summed E-state index contributed by atoms with van der Waals surface area (Å²) in [6.45, 7) is 3.86. The maximum atomic E-state index is 12.5. The van der Waals surface area contributed by atoms with Crippen molar-refractivity contribution in [1.82, 2.24) is 15.1 Å². The molecule has 0 saturated heterocycles. The average molecular weight is 340 g/mol. The Hall–Kier alpha value is -2.83. The van der Waals surface area contributed by atoms with Crippen LogP contribution >= 0.6 is 0 Å². The topological polar surface area (TPSA) is 98.3 Å². The van der Waals surface area contributed by atoms with Crippen LogP contribution in [0, 0.1) is 5.92 Å². The number of benzene rings is 1. The molecule has 3 N–H and O–H groups in total. The van der Waals surface area contributed by atoms with Gasteiger partial charge in [-0.1, -0.05) is 30.3 Å². The summed E-state index contributed by atoms with van der Waals surface area (Å²) in [5, 5.41) is 19.4. The summed E-state index contributed by atoms with van der Waals surface area (Å²) >= 11 is 0. The third-order valence-corrected chi connectivity index (χ3v) is 5.30. The predicted octanol–water partition coefficient (Wildman–Crippen LogP) is 2.88. The maximum absolute atomic E-state index is 12.5. The van der Waals surface area contributed by atoms with Crippen molar-refractivity contribution < 1.29 is 14.7 Å². The first-order chi connectivity index (χ1) is 11.9. The lowest BCUT2D eigenvalue weighted by Gasteiger charge is -2.28. The highest BCUT2D eigenvalue weighted by Gasteiger charge is 2.46. The van der Waals surface area contributed by atoms with Crippen LogP contribution in [-0.2, 0) is 16.9 Å². The van der Waals surface area contributed by atoms with Crippen LogP contribution < -0.4 is 5.32 Å². The minimum absolute atomic E-state index is 0.0558. The molecule has 1 aliphatic carbocycles. The monoisotopic (exact) mass is 340 g/mol. The third-order valence-electron chi connectivity index (χ3n) is 5.30. The summed E-state index contributed by atoms with van der Waals surface area (Å²) in [7, 11) is 0. The number of hydrogen-bond donors (Lipinski definition) is 3. The van der Waals surface area contributed by atoms with Crippen LogP contribution in [0.3, 0.4) is 0 Å². The van der Waals surface area contributed by atoms with Crippen LogP contribution in [0.2, 0.25) is 0 Å². The number of hydrogen-bond acceptors (Lipinski definition) is 3. The molecule has 0 radical (unpaired) electrons. The van der Waals surface area contributed by atoms with Crippen LogP contribution in [0.4, 0.5) is 10.6 Å². The number of carboxylic acid groups (broad SMARTS) is 1. The van der Waals surface area contributed by atoms with Gasteiger partial charge in [-0.25, -0.2) is 4.79 Å².